The molecule has 5 unspecified atom stereocenters. The lowest BCUT2D eigenvalue weighted by molar-refractivity contribution is -0.154. The molecular formula is C26H36BrClO6. The first-order valence-corrected chi connectivity index (χ1v) is 14.3. The number of rotatable bonds is 5. The van der Waals surface area contributed by atoms with Crippen LogP contribution in [0.2, 0.25) is 0 Å². The summed E-state index contributed by atoms with van der Waals surface area (Å²) in [5, 5.41) is 0.303. The maximum atomic E-state index is 14.3. The Morgan fingerprint density at radius 1 is 1.12 bits per heavy atom. The van der Waals surface area contributed by atoms with Crippen molar-refractivity contribution in [2.45, 2.75) is 99.6 Å². The Labute approximate surface area is 215 Å². The Kier molecular flexibility index (Phi) is 6.99. The quantitative estimate of drug-likeness (QED) is 0.453. The molecule has 8 atom stereocenters. The van der Waals surface area contributed by atoms with Crippen LogP contribution in [0.1, 0.15) is 64.7 Å². The second-order valence-electron chi connectivity index (χ2n) is 10.9. The number of alkyl halides is 2. The van der Waals surface area contributed by atoms with Crippen molar-refractivity contribution < 1.29 is 28.5 Å². The van der Waals surface area contributed by atoms with Crippen molar-refractivity contribution in [3.05, 3.63) is 11.3 Å². The minimum Gasteiger partial charge on any atom is -0.487 e. The number of hydrogen-bond donors (Lipinski definition) is 0. The van der Waals surface area contributed by atoms with E-state index in [1.54, 1.807) is 14.2 Å². The first-order valence-electron chi connectivity index (χ1n) is 12.8. The van der Waals surface area contributed by atoms with E-state index in [4.69, 9.17) is 30.5 Å². The van der Waals surface area contributed by atoms with Gasteiger partial charge in [0.25, 0.3) is 0 Å². The molecule has 0 bridgehead atoms. The lowest BCUT2D eigenvalue weighted by Gasteiger charge is -2.42. The normalized spacial score (nSPS) is 45.0. The fourth-order valence-electron chi connectivity index (χ4n) is 7.43. The van der Waals surface area contributed by atoms with E-state index in [0.717, 1.165) is 24.6 Å². The fourth-order valence-corrected chi connectivity index (χ4v) is 8.52. The number of methoxy groups -OCH3 is 2. The molecule has 0 aromatic carbocycles. The lowest BCUT2D eigenvalue weighted by Crippen LogP contribution is -2.52. The van der Waals surface area contributed by atoms with Crippen LogP contribution in [0.3, 0.4) is 0 Å². The average molecular weight is 560 g/mol. The largest absolute Gasteiger partial charge is 0.487 e. The van der Waals surface area contributed by atoms with Gasteiger partial charge in [-0.3, -0.25) is 9.59 Å². The van der Waals surface area contributed by atoms with E-state index in [1.807, 2.05) is 6.92 Å². The standard InChI is InChI=1S/C26H36BrClO6/c1-14-11-17(29)16-13-25(9-10-27,15-7-5-4-6-8-15)34-24(16)26(14)23(30)20-18(31-2)12-19(32-3)21(28)22(20)33-26/h14-15,18-22H,4-13H2,1-3H3/t14-,18?,19?,20?,21?,22?,25+,26-/m1/s1. The Hall–Kier alpha value is -0.470. The molecule has 5 aliphatic rings. The fraction of sp³-hybridized carbons (Fsp3) is 0.846. The molecule has 0 radical (unpaired) electrons. The molecule has 0 aromatic rings. The SMILES string of the molecule is COC1CC(OC)C2C(=O)[C@@]3(OC2C1Cl)C1=C(C[C@@](CCBr)(C2CCCCC2)O1)C(=O)C[C@H]3C. The Balaban J connectivity index is 1.56. The van der Waals surface area contributed by atoms with Crippen molar-refractivity contribution in [2.24, 2.45) is 17.8 Å². The van der Waals surface area contributed by atoms with Gasteiger partial charge in [-0.15, -0.1) is 11.6 Å². The zero-order valence-corrected chi connectivity index (χ0v) is 22.7. The summed E-state index contributed by atoms with van der Waals surface area (Å²) in [5.41, 5.74) is -1.08. The highest BCUT2D eigenvalue weighted by Gasteiger charge is 2.70. The molecule has 3 fully saturated rings. The van der Waals surface area contributed by atoms with E-state index in [1.165, 1.54) is 19.3 Å². The van der Waals surface area contributed by atoms with Crippen LogP contribution in [-0.2, 0) is 28.5 Å². The summed E-state index contributed by atoms with van der Waals surface area (Å²) in [4.78, 5) is 27.6. The average Bonchev–Trinajstić information content (AvgIpc) is 3.38. The van der Waals surface area contributed by atoms with Crippen LogP contribution in [0, 0.1) is 17.8 Å². The molecule has 0 aromatic heterocycles. The number of carbonyl (C=O) groups excluding carboxylic acids is 2. The molecular weight excluding hydrogens is 524 g/mol. The number of ether oxygens (including phenoxy) is 4. The summed E-state index contributed by atoms with van der Waals surface area (Å²) in [6.45, 7) is 1.93. The van der Waals surface area contributed by atoms with Crippen LogP contribution in [-0.4, -0.2) is 66.0 Å². The molecule has 190 valence electrons. The summed E-state index contributed by atoms with van der Waals surface area (Å²) >= 11 is 10.5. The molecule has 0 N–H and O–H groups in total. The highest BCUT2D eigenvalue weighted by Crippen LogP contribution is 2.59. The number of Topliss-reactive ketones (excluding diaryl/α,β-unsaturated/α-hetero) is 2. The molecule has 8 heteroatoms. The van der Waals surface area contributed by atoms with Gasteiger partial charge in [-0.1, -0.05) is 42.1 Å². The smallest absolute Gasteiger partial charge is 0.187 e. The van der Waals surface area contributed by atoms with Gasteiger partial charge in [-0.05, 0) is 25.2 Å². The van der Waals surface area contributed by atoms with E-state index >= 15 is 0 Å². The van der Waals surface area contributed by atoms with Gasteiger partial charge in [0.1, 0.15) is 11.4 Å². The van der Waals surface area contributed by atoms with Crippen LogP contribution >= 0.6 is 27.5 Å². The van der Waals surface area contributed by atoms with E-state index < -0.39 is 28.6 Å². The van der Waals surface area contributed by atoms with Crippen molar-refractivity contribution in [3.8, 4) is 0 Å². The summed E-state index contributed by atoms with van der Waals surface area (Å²) in [7, 11) is 3.25. The third-order valence-corrected chi connectivity index (χ3v) is 10.2. The van der Waals surface area contributed by atoms with E-state index in [-0.39, 0.29) is 36.1 Å². The van der Waals surface area contributed by atoms with Crippen LogP contribution in [0.15, 0.2) is 11.3 Å². The number of carbonyl (C=O) groups is 2. The summed E-state index contributed by atoms with van der Waals surface area (Å²) < 4.78 is 25.0. The van der Waals surface area contributed by atoms with E-state index in [2.05, 4.69) is 15.9 Å². The molecule has 3 aliphatic carbocycles. The minimum absolute atomic E-state index is 0.0460. The van der Waals surface area contributed by atoms with Gasteiger partial charge in [0.2, 0.25) is 0 Å². The van der Waals surface area contributed by atoms with Gasteiger partial charge in [0.15, 0.2) is 17.2 Å². The van der Waals surface area contributed by atoms with Crippen molar-refractivity contribution >= 4 is 39.1 Å². The van der Waals surface area contributed by atoms with Gasteiger partial charge in [-0.2, -0.15) is 0 Å². The van der Waals surface area contributed by atoms with Gasteiger partial charge >= 0.3 is 0 Å². The second-order valence-corrected chi connectivity index (χ2v) is 12.2. The monoisotopic (exact) mass is 558 g/mol. The second kappa shape index (κ2) is 9.44. The van der Waals surface area contributed by atoms with Crippen LogP contribution in [0.5, 0.6) is 0 Å². The van der Waals surface area contributed by atoms with Crippen LogP contribution in [0.4, 0.5) is 0 Å². The number of hydrogen-bond acceptors (Lipinski definition) is 6. The van der Waals surface area contributed by atoms with Crippen molar-refractivity contribution in [2.75, 3.05) is 19.5 Å². The van der Waals surface area contributed by atoms with E-state index in [9.17, 15) is 9.59 Å². The van der Waals surface area contributed by atoms with Gasteiger partial charge in [-0.25, -0.2) is 0 Å². The van der Waals surface area contributed by atoms with Crippen molar-refractivity contribution in [1.82, 2.24) is 0 Å². The molecule has 1 saturated heterocycles. The first-order chi connectivity index (χ1) is 16.3. The van der Waals surface area contributed by atoms with Crippen molar-refractivity contribution in [3.63, 3.8) is 0 Å². The molecule has 34 heavy (non-hydrogen) atoms. The Morgan fingerprint density at radius 2 is 1.82 bits per heavy atom. The van der Waals surface area contributed by atoms with Gasteiger partial charge in [0.05, 0.1) is 29.6 Å². The summed E-state index contributed by atoms with van der Waals surface area (Å²) in [5.74, 6) is 0.0594. The maximum Gasteiger partial charge on any atom is 0.187 e. The Morgan fingerprint density at radius 3 is 2.47 bits per heavy atom. The highest BCUT2D eigenvalue weighted by molar-refractivity contribution is 9.09. The molecule has 2 heterocycles. The van der Waals surface area contributed by atoms with Gasteiger partial charge in [0, 0.05) is 50.3 Å². The van der Waals surface area contributed by atoms with Crippen molar-refractivity contribution in [1.29, 1.82) is 0 Å². The molecule has 2 saturated carbocycles. The first kappa shape index (κ1) is 25.2. The zero-order chi connectivity index (χ0) is 24.3. The Bertz CT molecular complexity index is 871. The van der Waals surface area contributed by atoms with Crippen LogP contribution in [0.25, 0.3) is 0 Å². The molecule has 0 amide bonds. The number of halogens is 2. The molecule has 5 rings (SSSR count). The zero-order valence-electron chi connectivity index (χ0n) is 20.3. The lowest BCUT2D eigenvalue weighted by atomic mass is 9.68. The number of fused-ring (bicyclic) bond motifs is 2. The third kappa shape index (κ3) is 3.59. The highest BCUT2D eigenvalue weighted by atomic mass is 79.9. The molecule has 2 aliphatic heterocycles. The van der Waals surface area contributed by atoms with Crippen LogP contribution < -0.4 is 0 Å². The summed E-state index contributed by atoms with van der Waals surface area (Å²) in [6, 6.07) is 0. The summed E-state index contributed by atoms with van der Waals surface area (Å²) in [6.07, 6.45) is 6.79. The minimum atomic E-state index is -1.28. The van der Waals surface area contributed by atoms with Gasteiger partial charge < -0.3 is 18.9 Å². The molecule has 1 spiro atoms. The number of ketones is 2. The predicted molar refractivity (Wildman–Crippen MR) is 131 cm³/mol. The maximum absolute atomic E-state index is 14.3. The van der Waals surface area contributed by atoms with E-state index in [0.29, 0.717) is 30.1 Å². The molecule has 6 nitrogen and oxygen atoms in total. The topological polar surface area (TPSA) is 71.1 Å². The predicted octanol–water partition coefficient (Wildman–Crippen LogP) is 4.74. The third-order valence-electron chi connectivity index (χ3n) is 9.27.